The van der Waals surface area contributed by atoms with E-state index in [4.69, 9.17) is 9.47 Å². The summed E-state index contributed by atoms with van der Waals surface area (Å²) < 4.78 is 19.3. The molecule has 10 nitrogen and oxygen atoms in total. The van der Waals surface area contributed by atoms with Gasteiger partial charge in [0, 0.05) is 0 Å². The van der Waals surface area contributed by atoms with Gasteiger partial charge in [-0.25, -0.2) is 19.2 Å². The normalized spacial score (nSPS) is 12.6. The average Bonchev–Trinajstić information content (AvgIpc) is 2.52. The fourth-order valence-electron chi connectivity index (χ4n) is 1.54. The number of esters is 2. The molecule has 0 rings (SSSR count). The summed E-state index contributed by atoms with van der Waals surface area (Å²) in [5.41, 5.74) is -2.25. The molecule has 0 saturated carbocycles. The topological polar surface area (TPSA) is 129 Å². The lowest BCUT2D eigenvalue weighted by molar-refractivity contribution is -0.137. The average molecular weight is 400 g/mol. The maximum Gasteiger partial charge on any atom is 0.412 e. The van der Waals surface area contributed by atoms with Gasteiger partial charge in [0.05, 0.1) is 14.2 Å². The predicted octanol–water partition coefficient (Wildman–Crippen LogP) is 2.15. The largest absolute Gasteiger partial charge is 0.464 e. The minimum atomic E-state index is -0.905. The van der Waals surface area contributed by atoms with Crippen LogP contribution in [0.25, 0.3) is 0 Å². The molecule has 28 heavy (non-hydrogen) atoms. The van der Waals surface area contributed by atoms with E-state index in [1.807, 2.05) is 0 Å². The highest BCUT2D eigenvalue weighted by molar-refractivity contribution is 5.95. The molecule has 0 unspecified atom stereocenters. The van der Waals surface area contributed by atoms with Crippen molar-refractivity contribution in [1.82, 2.24) is 10.6 Å². The summed E-state index contributed by atoms with van der Waals surface area (Å²) in [5.74, 6) is -1.80. The third-order valence-electron chi connectivity index (χ3n) is 2.50. The second-order valence-electron chi connectivity index (χ2n) is 7.40. The van der Waals surface area contributed by atoms with Crippen molar-refractivity contribution in [2.45, 2.75) is 52.7 Å². The van der Waals surface area contributed by atoms with Crippen LogP contribution in [0.3, 0.4) is 0 Å². The van der Waals surface area contributed by atoms with E-state index < -0.39 is 35.3 Å². The second-order valence-corrected chi connectivity index (χ2v) is 7.40. The van der Waals surface area contributed by atoms with Crippen LogP contribution in [-0.4, -0.2) is 49.5 Å². The van der Waals surface area contributed by atoms with Gasteiger partial charge in [-0.05, 0) is 53.7 Å². The Hall–Kier alpha value is -3.04. The molecule has 158 valence electrons. The molecule has 0 aromatic rings. The van der Waals surface area contributed by atoms with E-state index in [9.17, 15) is 19.2 Å². The number of nitrogens with one attached hydrogen (secondary N) is 2. The monoisotopic (exact) mass is 400 g/mol. The molecule has 0 aromatic carbocycles. The molecule has 0 aliphatic heterocycles. The molecule has 0 saturated heterocycles. The molecule has 0 fully saturated rings. The number of carbonyl (C=O) groups excluding carboxylic acids is 4. The van der Waals surface area contributed by atoms with Crippen molar-refractivity contribution in [1.29, 1.82) is 0 Å². The first-order chi connectivity index (χ1) is 12.7. The van der Waals surface area contributed by atoms with Crippen LogP contribution >= 0.6 is 0 Å². The maximum absolute atomic E-state index is 11.9. The molecule has 0 heterocycles. The van der Waals surface area contributed by atoms with Crippen LogP contribution in [0.15, 0.2) is 23.5 Å². The Morgan fingerprint density at radius 2 is 0.929 bits per heavy atom. The molecule has 0 aromatic heterocycles. The number of amides is 2. The van der Waals surface area contributed by atoms with E-state index in [1.165, 1.54) is 0 Å². The fraction of sp³-hybridized carbons (Fsp3) is 0.556. The van der Waals surface area contributed by atoms with E-state index in [0.717, 1.165) is 26.4 Å². The summed E-state index contributed by atoms with van der Waals surface area (Å²) in [6.07, 6.45) is 0.299. The van der Waals surface area contributed by atoms with Gasteiger partial charge < -0.3 is 18.9 Å². The molecule has 0 spiro atoms. The van der Waals surface area contributed by atoms with Gasteiger partial charge in [0.15, 0.2) is 0 Å². The lowest BCUT2D eigenvalue weighted by atomic mass is 10.2. The summed E-state index contributed by atoms with van der Waals surface area (Å²) in [6.45, 7) is 9.88. The summed E-state index contributed by atoms with van der Waals surface area (Å²) in [6, 6.07) is 0. The fourth-order valence-corrected chi connectivity index (χ4v) is 1.54. The molecular formula is C18H28N2O8. The van der Waals surface area contributed by atoms with E-state index in [2.05, 4.69) is 20.1 Å². The zero-order valence-electron chi connectivity index (χ0n) is 17.4. The quantitative estimate of drug-likeness (QED) is 0.311. The molecule has 0 bridgehead atoms. The summed E-state index contributed by atoms with van der Waals surface area (Å²) >= 11 is 0. The van der Waals surface area contributed by atoms with Gasteiger partial charge in [-0.3, -0.25) is 10.6 Å². The number of hydrogen-bond donors (Lipinski definition) is 2. The third-order valence-corrected chi connectivity index (χ3v) is 2.50. The number of alkyl carbamates (subject to hydrolysis) is 2. The first kappa shape index (κ1) is 25.0. The molecule has 0 radical (unpaired) electrons. The van der Waals surface area contributed by atoms with Crippen molar-refractivity contribution in [2.24, 2.45) is 0 Å². The van der Waals surface area contributed by atoms with Gasteiger partial charge >= 0.3 is 24.1 Å². The molecule has 0 aliphatic rings. The Balaban J connectivity index is 5.62. The number of methoxy groups -OCH3 is 2. The Morgan fingerprint density at radius 1 is 0.643 bits per heavy atom. The number of allylic oxidation sites excluding steroid dienone is 2. The molecule has 0 aliphatic carbocycles. The molecule has 0 atom stereocenters. The minimum Gasteiger partial charge on any atom is -0.464 e. The Bertz CT molecular complexity index is 608. The summed E-state index contributed by atoms with van der Waals surface area (Å²) in [4.78, 5) is 47.5. The van der Waals surface area contributed by atoms with Gasteiger partial charge in [0.1, 0.15) is 22.6 Å². The first-order valence-electron chi connectivity index (χ1n) is 8.27. The predicted molar refractivity (Wildman–Crippen MR) is 98.9 cm³/mol. The van der Waals surface area contributed by atoms with Crippen LogP contribution in [0, 0.1) is 0 Å². The van der Waals surface area contributed by atoms with Gasteiger partial charge in [-0.1, -0.05) is 0 Å². The van der Waals surface area contributed by atoms with Crippen molar-refractivity contribution >= 4 is 24.1 Å². The summed E-state index contributed by atoms with van der Waals surface area (Å²) in [7, 11) is 2.22. The Labute approximate surface area is 164 Å². The summed E-state index contributed by atoms with van der Waals surface area (Å²) in [5, 5.41) is 4.43. The number of hydrogen-bond acceptors (Lipinski definition) is 8. The zero-order valence-corrected chi connectivity index (χ0v) is 17.4. The number of ether oxygens (including phenoxy) is 4. The maximum atomic E-state index is 11.9. The molecule has 10 heteroatoms. The van der Waals surface area contributed by atoms with Crippen LogP contribution in [-0.2, 0) is 28.5 Å². The van der Waals surface area contributed by atoms with Crippen LogP contribution < -0.4 is 10.6 Å². The lowest BCUT2D eigenvalue weighted by Crippen LogP contribution is -2.35. The van der Waals surface area contributed by atoms with E-state index in [0.29, 0.717) is 0 Å². The van der Waals surface area contributed by atoms with Crippen LogP contribution in [0.2, 0.25) is 0 Å². The molecule has 2 amide bonds. The minimum absolute atomic E-state index is 0.329. The third kappa shape index (κ3) is 10.8. The molecular weight excluding hydrogens is 372 g/mol. The standard InChI is InChI=1S/C18H28N2O8/c1-17(2,3)27-15(23)19-11(13(21)25-7)9-10-12(14(22)26-8)20-16(24)28-18(4,5)6/h9-10H,1-8H3,(H,19,23)(H,20,24)/b11-9-,12-10-. The van der Waals surface area contributed by atoms with Gasteiger partial charge in [-0.15, -0.1) is 0 Å². The van der Waals surface area contributed by atoms with Crippen molar-refractivity contribution < 1.29 is 38.1 Å². The number of carbonyl (C=O) groups is 4. The Kier molecular flexibility index (Phi) is 9.21. The van der Waals surface area contributed by atoms with Crippen LogP contribution in [0.1, 0.15) is 41.5 Å². The lowest BCUT2D eigenvalue weighted by Gasteiger charge is -2.20. The van der Waals surface area contributed by atoms with Crippen molar-refractivity contribution in [3.63, 3.8) is 0 Å². The van der Waals surface area contributed by atoms with Crippen LogP contribution in [0.5, 0.6) is 0 Å². The van der Waals surface area contributed by atoms with Gasteiger partial charge in [-0.2, -0.15) is 0 Å². The second kappa shape index (κ2) is 10.3. The highest BCUT2D eigenvalue weighted by Gasteiger charge is 2.22. The van der Waals surface area contributed by atoms with Gasteiger partial charge in [0.2, 0.25) is 0 Å². The first-order valence-corrected chi connectivity index (χ1v) is 8.27. The van der Waals surface area contributed by atoms with Crippen molar-refractivity contribution in [3.05, 3.63) is 23.5 Å². The zero-order chi connectivity index (χ0) is 22.1. The van der Waals surface area contributed by atoms with Gasteiger partial charge in [0.25, 0.3) is 0 Å². The van der Waals surface area contributed by atoms with E-state index in [1.54, 1.807) is 41.5 Å². The highest BCUT2D eigenvalue weighted by Crippen LogP contribution is 2.09. The van der Waals surface area contributed by atoms with E-state index >= 15 is 0 Å². The highest BCUT2D eigenvalue weighted by atomic mass is 16.6. The number of rotatable bonds is 5. The van der Waals surface area contributed by atoms with Crippen LogP contribution in [0.4, 0.5) is 9.59 Å². The molecule has 2 N–H and O–H groups in total. The SMILES string of the molecule is COC(=O)/C(=C/C=C(\NC(=O)OC(C)(C)C)C(=O)OC)NC(=O)OC(C)(C)C. The van der Waals surface area contributed by atoms with Crippen molar-refractivity contribution in [3.8, 4) is 0 Å². The Morgan fingerprint density at radius 3 is 1.14 bits per heavy atom. The van der Waals surface area contributed by atoms with Crippen molar-refractivity contribution in [2.75, 3.05) is 14.2 Å². The smallest absolute Gasteiger partial charge is 0.412 e. The van der Waals surface area contributed by atoms with E-state index in [-0.39, 0.29) is 11.4 Å².